The van der Waals surface area contributed by atoms with Crippen LogP contribution in [0.2, 0.25) is 0 Å². The molecule has 0 unspecified atom stereocenters. The van der Waals surface area contributed by atoms with Crippen molar-refractivity contribution in [3.8, 4) is 0 Å². The highest BCUT2D eigenvalue weighted by atomic mass is 16.2. The Kier molecular flexibility index (Phi) is 5.66. The van der Waals surface area contributed by atoms with Gasteiger partial charge in [-0.3, -0.25) is 4.79 Å². The van der Waals surface area contributed by atoms with Crippen molar-refractivity contribution in [1.82, 2.24) is 9.55 Å². The first kappa shape index (κ1) is 19.9. The van der Waals surface area contributed by atoms with E-state index in [2.05, 4.69) is 29.7 Å². The normalized spacial score (nSPS) is 11.2. The van der Waals surface area contributed by atoms with Gasteiger partial charge in [-0.15, -0.1) is 0 Å². The lowest BCUT2D eigenvalue weighted by molar-refractivity contribution is -0.119. The summed E-state index contributed by atoms with van der Waals surface area (Å²) in [4.78, 5) is 20.2. The molecule has 0 spiro atoms. The average Bonchev–Trinajstić information content (AvgIpc) is 3.07. The molecular formula is C26H27N3O. The molecule has 0 aliphatic heterocycles. The zero-order valence-electron chi connectivity index (χ0n) is 17.7. The topological polar surface area (TPSA) is 38.1 Å². The van der Waals surface area contributed by atoms with Crippen LogP contribution in [0.15, 0.2) is 78.9 Å². The van der Waals surface area contributed by atoms with E-state index in [0.717, 1.165) is 22.5 Å². The quantitative estimate of drug-likeness (QED) is 0.438. The van der Waals surface area contributed by atoms with Crippen LogP contribution in [0.4, 0.5) is 5.69 Å². The minimum absolute atomic E-state index is 0.0605. The van der Waals surface area contributed by atoms with Gasteiger partial charge in [0.05, 0.1) is 11.0 Å². The second-order valence-corrected chi connectivity index (χ2v) is 7.90. The number of aromatic nitrogens is 2. The SMILES string of the molecule is Cc1ccccc1Cc1nc2ccccc2n1CC(=O)N(c1ccccc1)C(C)C. The highest BCUT2D eigenvalue weighted by molar-refractivity contribution is 5.94. The fraction of sp³-hybridized carbons (Fsp3) is 0.231. The van der Waals surface area contributed by atoms with E-state index >= 15 is 0 Å². The third kappa shape index (κ3) is 3.99. The van der Waals surface area contributed by atoms with Crippen LogP contribution in [0.1, 0.15) is 30.8 Å². The summed E-state index contributed by atoms with van der Waals surface area (Å²) in [5, 5.41) is 0. The van der Waals surface area contributed by atoms with Crippen LogP contribution in [0, 0.1) is 6.92 Å². The smallest absolute Gasteiger partial charge is 0.247 e. The van der Waals surface area contributed by atoms with E-state index in [1.165, 1.54) is 11.1 Å². The van der Waals surface area contributed by atoms with E-state index in [0.29, 0.717) is 6.42 Å². The molecule has 0 radical (unpaired) electrons. The van der Waals surface area contributed by atoms with Gasteiger partial charge in [0, 0.05) is 18.2 Å². The van der Waals surface area contributed by atoms with E-state index in [1.807, 2.05) is 79.4 Å². The van der Waals surface area contributed by atoms with E-state index < -0.39 is 0 Å². The molecule has 4 nitrogen and oxygen atoms in total. The second-order valence-electron chi connectivity index (χ2n) is 7.90. The fourth-order valence-corrected chi connectivity index (χ4v) is 3.95. The Hall–Kier alpha value is -3.40. The van der Waals surface area contributed by atoms with E-state index in [-0.39, 0.29) is 18.5 Å². The van der Waals surface area contributed by atoms with Gasteiger partial charge in [0.15, 0.2) is 0 Å². The molecule has 0 N–H and O–H groups in total. The first-order valence-electron chi connectivity index (χ1n) is 10.4. The Morgan fingerprint density at radius 3 is 2.33 bits per heavy atom. The number of aryl methyl sites for hydroxylation is 1. The summed E-state index contributed by atoms with van der Waals surface area (Å²) in [5.74, 6) is 0.973. The van der Waals surface area contributed by atoms with Gasteiger partial charge >= 0.3 is 0 Å². The maximum Gasteiger partial charge on any atom is 0.247 e. The van der Waals surface area contributed by atoms with Crippen LogP contribution in [-0.2, 0) is 17.8 Å². The van der Waals surface area contributed by atoms with Crippen molar-refractivity contribution in [2.45, 2.75) is 39.8 Å². The van der Waals surface area contributed by atoms with Crippen molar-refractivity contribution in [2.24, 2.45) is 0 Å². The van der Waals surface area contributed by atoms with Crippen LogP contribution < -0.4 is 4.90 Å². The standard InChI is InChI=1S/C26H27N3O/c1-19(2)29(22-13-5-4-6-14-22)26(30)18-28-24-16-10-9-15-23(24)27-25(28)17-21-12-8-7-11-20(21)3/h4-16,19H,17-18H2,1-3H3. The Balaban J connectivity index is 1.72. The molecule has 4 heteroatoms. The number of imidazole rings is 1. The zero-order valence-corrected chi connectivity index (χ0v) is 17.7. The summed E-state index contributed by atoms with van der Waals surface area (Å²) in [7, 11) is 0. The molecule has 3 aromatic carbocycles. The summed E-state index contributed by atoms with van der Waals surface area (Å²) in [5.41, 5.74) is 5.29. The number of carbonyl (C=O) groups excluding carboxylic acids is 1. The molecule has 0 bridgehead atoms. The Morgan fingerprint density at radius 1 is 0.933 bits per heavy atom. The van der Waals surface area contributed by atoms with Gasteiger partial charge in [-0.25, -0.2) is 4.98 Å². The number of para-hydroxylation sites is 3. The van der Waals surface area contributed by atoms with Crippen LogP contribution in [0.25, 0.3) is 11.0 Å². The minimum atomic E-state index is 0.0605. The monoisotopic (exact) mass is 397 g/mol. The van der Waals surface area contributed by atoms with Crippen molar-refractivity contribution in [1.29, 1.82) is 0 Å². The lowest BCUT2D eigenvalue weighted by Gasteiger charge is -2.27. The van der Waals surface area contributed by atoms with Crippen molar-refractivity contribution in [3.63, 3.8) is 0 Å². The lowest BCUT2D eigenvalue weighted by atomic mass is 10.1. The van der Waals surface area contributed by atoms with Gasteiger partial charge in [-0.2, -0.15) is 0 Å². The molecule has 152 valence electrons. The maximum absolute atomic E-state index is 13.4. The summed E-state index contributed by atoms with van der Waals surface area (Å²) in [6.45, 7) is 6.47. The lowest BCUT2D eigenvalue weighted by Crippen LogP contribution is -2.39. The number of carbonyl (C=O) groups is 1. The highest BCUT2D eigenvalue weighted by Gasteiger charge is 2.22. The number of hydrogen-bond acceptors (Lipinski definition) is 2. The molecule has 0 saturated heterocycles. The Labute approximate surface area is 177 Å². The molecule has 1 amide bonds. The summed E-state index contributed by atoms with van der Waals surface area (Å²) >= 11 is 0. The van der Waals surface area contributed by atoms with E-state index in [9.17, 15) is 4.79 Å². The van der Waals surface area contributed by atoms with Crippen LogP contribution in [-0.4, -0.2) is 21.5 Å². The molecule has 0 aliphatic rings. The number of rotatable bonds is 6. The van der Waals surface area contributed by atoms with Crippen molar-refractivity contribution >= 4 is 22.6 Å². The number of amides is 1. The second kappa shape index (κ2) is 8.54. The van der Waals surface area contributed by atoms with Gasteiger partial charge in [-0.1, -0.05) is 54.6 Å². The molecule has 0 aliphatic carbocycles. The molecule has 0 fully saturated rings. The number of benzene rings is 3. The van der Waals surface area contributed by atoms with Gasteiger partial charge in [0.2, 0.25) is 5.91 Å². The Morgan fingerprint density at radius 2 is 1.60 bits per heavy atom. The maximum atomic E-state index is 13.4. The molecule has 30 heavy (non-hydrogen) atoms. The molecule has 0 atom stereocenters. The fourth-order valence-electron chi connectivity index (χ4n) is 3.95. The molecule has 0 saturated carbocycles. The van der Waals surface area contributed by atoms with Gasteiger partial charge in [0.1, 0.15) is 12.4 Å². The van der Waals surface area contributed by atoms with Gasteiger partial charge < -0.3 is 9.47 Å². The average molecular weight is 398 g/mol. The third-order valence-corrected chi connectivity index (χ3v) is 5.46. The van der Waals surface area contributed by atoms with Gasteiger partial charge in [-0.05, 0) is 56.2 Å². The molecule has 4 aromatic rings. The third-order valence-electron chi connectivity index (χ3n) is 5.46. The summed E-state index contributed by atoms with van der Waals surface area (Å²) < 4.78 is 2.07. The molecular weight excluding hydrogens is 370 g/mol. The van der Waals surface area contributed by atoms with E-state index in [4.69, 9.17) is 4.98 Å². The first-order chi connectivity index (χ1) is 14.5. The van der Waals surface area contributed by atoms with Crippen LogP contribution in [0.3, 0.4) is 0 Å². The summed E-state index contributed by atoms with van der Waals surface area (Å²) in [6, 6.07) is 26.3. The zero-order chi connectivity index (χ0) is 21.1. The first-order valence-corrected chi connectivity index (χ1v) is 10.4. The van der Waals surface area contributed by atoms with Crippen molar-refractivity contribution in [2.75, 3.05) is 4.90 Å². The van der Waals surface area contributed by atoms with Crippen LogP contribution in [0.5, 0.6) is 0 Å². The molecule has 4 rings (SSSR count). The Bertz CT molecular complexity index is 1160. The van der Waals surface area contributed by atoms with Gasteiger partial charge in [0.25, 0.3) is 0 Å². The number of hydrogen-bond donors (Lipinski definition) is 0. The highest BCUT2D eigenvalue weighted by Crippen LogP contribution is 2.22. The van der Waals surface area contributed by atoms with Crippen LogP contribution >= 0.6 is 0 Å². The predicted octanol–water partition coefficient (Wildman–Crippen LogP) is 5.38. The number of fused-ring (bicyclic) bond motifs is 1. The van der Waals surface area contributed by atoms with Crippen molar-refractivity contribution in [3.05, 3.63) is 95.8 Å². The molecule has 1 heterocycles. The number of anilines is 1. The predicted molar refractivity (Wildman–Crippen MR) is 123 cm³/mol. The van der Waals surface area contributed by atoms with Crippen molar-refractivity contribution < 1.29 is 4.79 Å². The minimum Gasteiger partial charge on any atom is -0.318 e. The molecule has 1 aromatic heterocycles. The summed E-state index contributed by atoms with van der Waals surface area (Å²) in [6.07, 6.45) is 0.696. The van der Waals surface area contributed by atoms with E-state index in [1.54, 1.807) is 0 Å². The number of nitrogens with zero attached hydrogens (tertiary/aromatic N) is 3. The largest absolute Gasteiger partial charge is 0.318 e.